The molecule has 1 aromatic rings. The molecular formula is C74H122N14O15. The number of rotatable bonds is 32. The number of allylic oxidation sites excluding steroid dienone is 1. The summed E-state index contributed by atoms with van der Waals surface area (Å²) in [6.07, 6.45) is 2.72. The van der Waals surface area contributed by atoms with Crippen LogP contribution in [0, 0.1) is 47.3 Å². The molecule has 14 N–H and O–H groups in total. The molecule has 2 heterocycles. The average Bonchev–Trinajstić information content (AvgIpc) is 1.78. The van der Waals surface area contributed by atoms with Crippen LogP contribution < -0.4 is 69.5 Å². The number of nitrogens with one attached hydrogen (secondary N) is 12. The summed E-state index contributed by atoms with van der Waals surface area (Å²) in [5.74, 6) is -14.2. The molecule has 0 aliphatic carbocycles. The summed E-state index contributed by atoms with van der Waals surface area (Å²) in [7, 11) is 0. The fourth-order valence-corrected chi connectivity index (χ4v) is 11.9. The largest absolute Gasteiger partial charge is 0.458 e. The molecule has 1 aromatic carbocycles. The lowest BCUT2D eigenvalue weighted by Gasteiger charge is -2.33. The van der Waals surface area contributed by atoms with Gasteiger partial charge in [0.05, 0.1) is 0 Å². The molecule has 13 amide bonds. The van der Waals surface area contributed by atoms with E-state index in [-0.39, 0.29) is 69.1 Å². The third kappa shape index (κ3) is 27.2. The van der Waals surface area contributed by atoms with Crippen molar-refractivity contribution in [2.75, 3.05) is 13.1 Å². The fraction of sp³-hybridized carbons (Fsp3) is 0.703. The van der Waals surface area contributed by atoms with Gasteiger partial charge in [-0.25, -0.2) is 4.79 Å². The second-order valence-electron chi connectivity index (χ2n) is 29.7. The Balaban J connectivity index is 1.98. The molecule has 3 rings (SSSR count). The summed E-state index contributed by atoms with van der Waals surface area (Å²) in [6.45, 7) is 32.3. The van der Waals surface area contributed by atoms with Crippen molar-refractivity contribution in [2.24, 2.45) is 53.1 Å². The van der Waals surface area contributed by atoms with Crippen LogP contribution in [0.1, 0.15) is 195 Å². The molecule has 29 nitrogen and oxygen atoms in total. The van der Waals surface area contributed by atoms with Crippen LogP contribution >= 0.6 is 0 Å². The van der Waals surface area contributed by atoms with Crippen molar-refractivity contribution in [1.29, 1.82) is 0 Å². The minimum absolute atomic E-state index is 0.0310. The van der Waals surface area contributed by atoms with E-state index in [0.717, 1.165) is 6.42 Å². The topological polar surface area (TPSA) is 422 Å². The predicted molar refractivity (Wildman–Crippen MR) is 389 cm³/mol. The lowest BCUT2D eigenvalue weighted by Crippen LogP contribution is -2.64. The molecule has 2 saturated heterocycles. The molecule has 0 unspecified atom stereocenters. The van der Waals surface area contributed by atoms with E-state index in [4.69, 9.17) is 10.5 Å². The smallest absolute Gasteiger partial charge is 0.329 e. The molecule has 2 aliphatic heterocycles. The molecule has 578 valence electrons. The van der Waals surface area contributed by atoms with Gasteiger partial charge in [-0.1, -0.05) is 166 Å². The highest BCUT2D eigenvalue weighted by Gasteiger charge is 2.44. The van der Waals surface area contributed by atoms with Crippen molar-refractivity contribution in [3.05, 3.63) is 47.7 Å². The zero-order valence-electron chi connectivity index (χ0n) is 64.2. The van der Waals surface area contributed by atoms with E-state index < -0.39 is 191 Å². The maximum atomic E-state index is 15.0. The SMILES string of the molecule is C/C=C1\NC(=O)[C@H](Cc2ccccc2)NC(=O)[C@@H](C(C)C)NC(=O)[C@@H]([C@H](C)CC)NC(=O)[C@H](NC(=O)[C@H](NC(=O)[C@H](CCCN)NC(=O)[C@H]2CCCN2C(=O)[C@H](NC(=O)[C@@H](NC(=O)[C@H](C)NC(=O)[C@H](NC(=O)CCCC(C)C)C(C)C)C(C)C)C(C)C)[C@H](C)CC)[C@H](C)OC(=O)[C@H](C(C)C)NC1=O. The Labute approximate surface area is 609 Å². The Morgan fingerprint density at radius 1 is 0.602 bits per heavy atom. The molecule has 0 saturated carbocycles. The van der Waals surface area contributed by atoms with E-state index in [2.05, 4.69) is 77.6 Å². The Morgan fingerprint density at radius 3 is 1.72 bits per heavy atom. The molecule has 15 atom stereocenters. The van der Waals surface area contributed by atoms with Gasteiger partial charge in [-0.2, -0.15) is 0 Å². The van der Waals surface area contributed by atoms with Crippen LogP contribution in [0.4, 0.5) is 0 Å². The monoisotopic (exact) mass is 1450 g/mol. The van der Waals surface area contributed by atoms with Crippen LogP contribution in [-0.2, 0) is 78.3 Å². The van der Waals surface area contributed by atoms with Gasteiger partial charge in [0.1, 0.15) is 84.3 Å². The maximum absolute atomic E-state index is 15.0. The number of hydrogen-bond acceptors (Lipinski definition) is 16. The summed E-state index contributed by atoms with van der Waals surface area (Å²) >= 11 is 0. The molecular weight excluding hydrogens is 1320 g/mol. The van der Waals surface area contributed by atoms with Crippen molar-refractivity contribution in [1.82, 2.24) is 68.7 Å². The average molecular weight is 1450 g/mol. The van der Waals surface area contributed by atoms with Crippen molar-refractivity contribution < 1.29 is 71.9 Å². The number of nitrogens with two attached hydrogens (primary N) is 1. The summed E-state index contributed by atoms with van der Waals surface area (Å²) in [4.78, 5) is 201. The zero-order chi connectivity index (χ0) is 77.9. The second-order valence-corrected chi connectivity index (χ2v) is 29.7. The molecule has 103 heavy (non-hydrogen) atoms. The first-order chi connectivity index (χ1) is 48.3. The van der Waals surface area contributed by atoms with Crippen molar-refractivity contribution in [2.45, 2.75) is 274 Å². The van der Waals surface area contributed by atoms with E-state index in [1.54, 1.807) is 127 Å². The Bertz CT molecular complexity index is 3100. The molecule has 29 heteroatoms. The number of likely N-dealkylation sites (tertiary alicyclic amines) is 1. The summed E-state index contributed by atoms with van der Waals surface area (Å²) in [5.41, 5.74) is 6.35. The van der Waals surface area contributed by atoms with Gasteiger partial charge >= 0.3 is 5.97 Å². The van der Waals surface area contributed by atoms with Gasteiger partial charge in [-0.3, -0.25) is 62.3 Å². The minimum atomic E-state index is -1.82. The Kier molecular flexibility index (Phi) is 37.0. The third-order valence-corrected chi connectivity index (χ3v) is 18.9. The van der Waals surface area contributed by atoms with E-state index >= 15 is 9.59 Å². The van der Waals surface area contributed by atoms with Crippen LogP contribution in [0.15, 0.2) is 42.1 Å². The van der Waals surface area contributed by atoms with Crippen LogP contribution in [0.3, 0.4) is 0 Å². The highest BCUT2D eigenvalue weighted by atomic mass is 16.5. The van der Waals surface area contributed by atoms with Crippen LogP contribution in [0.5, 0.6) is 0 Å². The van der Waals surface area contributed by atoms with Gasteiger partial charge in [-0.05, 0) is 112 Å². The molecule has 2 aliphatic rings. The molecule has 0 aromatic heterocycles. The van der Waals surface area contributed by atoms with Gasteiger partial charge in [0, 0.05) is 19.4 Å². The Hall–Kier alpha value is -8.50. The van der Waals surface area contributed by atoms with Crippen LogP contribution in [-0.4, -0.2) is 179 Å². The normalized spacial score (nSPS) is 22.4. The first-order valence-electron chi connectivity index (χ1n) is 36.9. The number of ether oxygens (including phenoxy) is 1. The van der Waals surface area contributed by atoms with E-state index in [0.29, 0.717) is 30.7 Å². The van der Waals surface area contributed by atoms with Crippen LogP contribution in [0.25, 0.3) is 0 Å². The summed E-state index contributed by atoms with van der Waals surface area (Å²) in [6, 6.07) is -6.83. The number of amides is 13. The number of esters is 1. The molecule has 2 fully saturated rings. The molecule has 0 spiro atoms. The quantitative estimate of drug-likeness (QED) is 0.0364. The standard InChI is InChI=1S/C74H122N14O15/c1-20-44(16)59(71(99)87-61-47(19)103-74(102)58(43(14)15)84-63(91)49(22-3)77-65(93)51(37-48-30-24-23-25-31-48)79-68(96)55(40(8)9)82-70(98)60(45(17)21-2)86-72(61)100)85-64(92)50(32-27-35-75)78-66(94)52-33-28-36-88(52)73(101)57(42(12)13)83-69(97)56(41(10)11)81-62(90)46(18)76-67(95)54(39(6)7)80-53(89)34-26-29-38(4)5/h22-25,30-31,38-47,50-52,54-61H,20-21,26-29,32-37,75H2,1-19H3,(H,76,95)(H,77,93)(H,78,94)(H,79,96)(H,80,89)(H,81,90)(H,82,98)(H,83,97)(H,84,91)(H,85,92)(H,86,100)(H,87,99)/b49-22-/t44-,45-,46+,47+,50+,51+,52-,54-,55-,56+,57-,58+,59-,60-,61-/m1/s1. The first kappa shape index (κ1) is 88.7. The number of carbonyl (C=O) groups excluding carboxylic acids is 14. The van der Waals surface area contributed by atoms with Crippen molar-refractivity contribution in [3.8, 4) is 0 Å². The third-order valence-electron chi connectivity index (χ3n) is 18.9. The predicted octanol–water partition coefficient (Wildman–Crippen LogP) is 2.48. The van der Waals surface area contributed by atoms with Crippen LogP contribution in [0.2, 0.25) is 0 Å². The highest BCUT2D eigenvalue weighted by molar-refractivity contribution is 6.03. The number of cyclic esters (lactones) is 1. The first-order valence-corrected chi connectivity index (χ1v) is 36.9. The van der Waals surface area contributed by atoms with E-state index in [1.807, 2.05) is 0 Å². The van der Waals surface area contributed by atoms with Gasteiger partial charge < -0.3 is 79.2 Å². The summed E-state index contributed by atoms with van der Waals surface area (Å²) < 4.78 is 5.96. The number of nitrogens with zero attached hydrogens (tertiary/aromatic N) is 1. The van der Waals surface area contributed by atoms with Gasteiger partial charge in [0.2, 0.25) is 70.9 Å². The molecule has 0 bridgehead atoms. The number of benzene rings is 1. The van der Waals surface area contributed by atoms with E-state index in [1.165, 1.54) is 31.7 Å². The maximum Gasteiger partial charge on any atom is 0.329 e. The van der Waals surface area contributed by atoms with Gasteiger partial charge in [-0.15, -0.1) is 0 Å². The van der Waals surface area contributed by atoms with Crippen molar-refractivity contribution in [3.63, 3.8) is 0 Å². The van der Waals surface area contributed by atoms with E-state index in [9.17, 15) is 57.5 Å². The lowest BCUT2D eigenvalue weighted by molar-refractivity contribution is -0.157. The Morgan fingerprint density at radius 2 is 1.17 bits per heavy atom. The fourth-order valence-electron chi connectivity index (χ4n) is 11.9. The highest BCUT2D eigenvalue weighted by Crippen LogP contribution is 2.23. The number of hydrogen-bond donors (Lipinski definition) is 13. The summed E-state index contributed by atoms with van der Waals surface area (Å²) in [5, 5.41) is 32.7. The lowest BCUT2D eigenvalue weighted by atomic mass is 9.95. The molecule has 0 radical (unpaired) electrons. The second kappa shape index (κ2) is 42.9. The van der Waals surface area contributed by atoms with Gasteiger partial charge in [0.25, 0.3) is 5.91 Å². The number of carbonyl (C=O) groups is 14. The van der Waals surface area contributed by atoms with Gasteiger partial charge in [0.15, 0.2) is 0 Å². The zero-order valence-corrected chi connectivity index (χ0v) is 64.2. The van der Waals surface area contributed by atoms with Crippen molar-refractivity contribution >= 4 is 82.8 Å². The minimum Gasteiger partial charge on any atom is -0.458 e.